The molecule has 5 nitrogen and oxygen atoms in total. The molecule has 0 aliphatic rings. The third-order valence-electron chi connectivity index (χ3n) is 2.12. The summed E-state index contributed by atoms with van der Waals surface area (Å²) in [6.45, 7) is 4.53. The van der Waals surface area contributed by atoms with Gasteiger partial charge >= 0.3 is 0 Å². The van der Waals surface area contributed by atoms with Gasteiger partial charge in [0.1, 0.15) is 0 Å². The van der Waals surface area contributed by atoms with E-state index in [2.05, 4.69) is 19.2 Å². The molecular formula is C9H22N4OP2. The molecule has 4 unspecified atom stereocenters. The summed E-state index contributed by atoms with van der Waals surface area (Å²) >= 11 is 0. The molecule has 0 saturated heterocycles. The zero-order valence-electron chi connectivity index (χ0n) is 9.86. The van der Waals surface area contributed by atoms with Crippen LogP contribution >= 0.6 is 17.2 Å². The predicted molar refractivity (Wildman–Crippen MR) is 75.0 cm³/mol. The third-order valence-corrected chi connectivity index (χ3v) is 4.38. The Morgan fingerprint density at radius 1 is 1.50 bits per heavy atom. The number of hydrogen-bond donors (Lipinski definition) is 3. The lowest BCUT2D eigenvalue weighted by atomic mass is 10.2. The van der Waals surface area contributed by atoms with Crippen molar-refractivity contribution >= 4 is 29.1 Å². The largest absolute Gasteiger partial charge is 0.370 e. The lowest BCUT2D eigenvalue weighted by Crippen LogP contribution is -2.37. The minimum Gasteiger partial charge on any atom is -0.370 e. The molecule has 0 aromatic carbocycles. The summed E-state index contributed by atoms with van der Waals surface area (Å²) in [6.07, 6.45) is 1.76. The highest BCUT2D eigenvalue weighted by Gasteiger charge is 2.12. The summed E-state index contributed by atoms with van der Waals surface area (Å²) in [6, 6.07) is 0.172. The van der Waals surface area contributed by atoms with Gasteiger partial charge in [-0.3, -0.25) is 9.79 Å². The van der Waals surface area contributed by atoms with E-state index in [1.165, 1.54) is 0 Å². The van der Waals surface area contributed by atoms with Crippen molar-refractivity contribution < 1.29 is 4.79 Å². The maximum atomic E-state index is 11.5. The van der Waals surface area contributed by atoms with Gasteiger partial charge in [-0.1, -0.05) is 8.27 Å². The van der Waals surface area contributed by atoms with Gasteiger partial charge in [-0.2, -0.15) is 0 Å². The number of carbonyl (C=O) groups is 1. The first kappa shape index (κ1) is 15.6. The summed E-state index contributed by atoms with van der Waals surface area (Å²) < 4.78 is 0. The smallest absolute Gasteiger partial charge is 0.227 e. The van der Waals surface area contributed by atoms with E-state index in [-0.39, 0.29) is 23.6 Å². The third kappa shape index (κ3) is 7.84. The number of rotatable bonds is 7. The summed E-state index contributed by atoms with van der Waals surface area (Å²) in [4.78, 5) is 15.4. The van der Waals surface area contributed by atoms with E-state index in [0.717, 1.165) is 12.8 Å². The molecule has 94 valence electrons. The number of nitrogens with one attached hydrogen (secondary N) is 1. The van der Waals surface area contributed by atoms with Gasteiger partial charge in [-0.25, -0.2) is 0 Å². The minimum atomic E-state index is 0.0742. The van der Waals surface area contributed by atoms with E-state index in [4.69, 9.17) is 11.5 Å². The summed E-state index contributed by atoms with van der Waals surface area (Å²) in [5.74, 6) is 0.234. The molecule has 7 heteroatoms. The summed E-state index contributed by atoms with van der Waals surface area (Å²) in [7, 11) is 3.16. The van der Waals surface area contributed by atoms with Crippen molar-refractivity contribution in [1.29, 1.82) is 0 Å². The molecule has 1 amide bonds. The lowest BCUT2D eigenvalue weighted by molar-refractivity contribution is -0.120. The number of aliphatic imine (C=N–C) groups is 1. The number of nitrogens with zero attached hydrogens (tertiary/aromatic N) is 1. The van der Waals surface area contributed by atoms with E-state index >= 15 is 0 Å². The maximum Gasteiger partial charge on any atom is 0.227 e. The predicted octanol–water partition coefficient (Wildman–Crippen LogP) is 0.402. The Balaban J connectivity index is 3.70. The van der Waals surface area contributed by atoms with Crippen molar-refractivity contribution in [3.05, 3.63) is 0 Å². The molecule has 0 bridgehead atoms. The van der Waals surface area contributed by atoms with Crippen LogP contribution in [0.1, 0.15) is 26.7 Å². The second kappa shape index (κ2) is 8.72. The Hall–Kier alpha value is -0.400. The fraction of sp³-hybridized carbons (Fsp3) is 0.778. The normalized spacial score (nSPS) is 14.7. The van der Waals surface area contributed by atoms with Gasteiger partial charge in [-0.15, -0.1) is 8.93 Å². The van der Waals surface area contributed by atoms with Crippen LogP contribution in [0, 0.1) is 0 Å². The van der Waals surface area contributed by atoms with Crippen LogP contribution in [0.4, 0.5) is 0 Å². The van der Waals surface area contributed by atoms with E-state index in [0.29, 0.717) is 14.8 Å². The molecule has 4 atom stereocenters. The molecule has 0 spiro atoms. The Morgan fingerprint density at radius 2 is 2.12 bits per heavy atom. The maximum absolute atomic E-state index is 11.5. The topological polar surface area (TPSA) is 93.5 Å². The molecule has 0 fully saturated rings. The molecule has 0 heterocycles. The van der Waals surface area contributed by atoms with Gasteiger partial charge in [0.25, 0.3) is 0 Å². The Kier molecular flexibility index (Phi) is 8.50. The molecule has 16 heavy (non-hydrogen) atoms. The molecular weight excluding hydrogens is 242 g/mol. The standard InChI is InChI=1S/C9H22N4OP2/c1-6(4-3-5-12-9(10)11)13-8(14)7(2)16-15/h6-7,16H,3-5,15H2,1-2H3,(H,13,14)(H4,10,11,12). The number of amides is 1. The molecule has 0 aromatic heterocycles. The molecule has 0 aromatic rings. The van der Waals surface area contributed by atoms with E-state index in [9.17, 15) is 4.79 Å². The number of hydrogen-bond acceptors (Lipinski definition) is 2. The fourth-order valence-corrected chi connectivity index (χ4v) is 1.81. The highest BCUT2D eigenvalue weighted by atomic mass is 32.0. The van der Waals surface area contributed by atoms with Gasteiger partial charge in [-0.05, 0) is 26.7 Å². The van der Waals surface area contributed by atoms with Crippen LogP contribution < -0.4 is 16.8 Å². The van der Waals surface area contributed by atoms with Crippen LogP contribution in [-0.2, 0) is 4.79 Å². The Bertz CT molecular complexity index is 244. The average Bonchev–Trinajstić information content (AvgIpc) is 2.22. The average molecular weight is 264 g/mol. The van der Waals surface area contributed by atoms with Crippen molar-refractivity contribution in [1.82, 2.24) is 5.32 Å². The van der Waals surface area contributed by atoms with Crippen LogP contribution in [0.15, 0.2) is 4.99 Å². The van der Waals surface area contributed by atoms with Crippen molar-refractivity contribution in [2.45, 2.75) is 38.4 Å². The van der Waals surface area contributed by atoms with E-state index < -0.39 is 0 Å². The summed E-state index contributed by atoms with van der Waals surface area (Å²) in [5, 5.41) is 2.96. The second-order valence-electron chi connectivity index (χ2n) is 3.75. The Labute approximate surface area is 101 Å². The van der Waals surface area contributed by atoms with Crippen LogP contribution in [0.2, 0.25) is 0 Å². The molecule has 0 rings (SSSR count). The molecule has 0 aliphatic carbocycles. The first-order valence-corrected chi connectivity index (χ1v) is 8.18. The van der Waals surface area contributed by atoms with Crippen LogP contribution in [-0.4, -0.2) is 30.1 Å². The van der Waals surface area contributed by atoms with Crippen molar-refractivity contribution in [2.75, 3.05) is 6.54 Å². The first-order chi connectivity index (χ1) is 7.47. The number of carbonyl (C=O) groups excluding carboxylic acids is 1. The van der Waals surface area contributed by atoms with Crippen LogP contribution in [0.25, 0.3) is 0 Å². The monoisotopic (exact) mass is 264 g/mol. The second-order valence-corrected chi connectivity index (χ2v) is 5.95. The highest BCUT2D eigenvalue weighted by molar-refractivity contribution is 8.03. The molecule has 0 saturated carbocycles. The number of guanidine groups is 1. The molecule has 0 aliphatic heterocycles. The van der Waals surface area contributed by atoms with Crippen LogP contribution in [0.5, 0.6) is 0 Å². The lowest BCUT2D eigenvalue weighted by Gasteiger charge is -2.16. The number of nitrogens with two attached hydrogens (primary N) is 2. The summed E-state index contributed by atoms with van der Waals surface area (Å²) in [5.41, 5.74) is 10.5. The molecule has 0 radical (unpaired) electrons. The van der Waals surface area contributed by atoms with Gasteiger partial charge < -0.3 is 16.8 Å². The highest BCUT2D eigenvalue weighted by Crippen LogP contribution is 2.26. The van der Waals surface area contributed by atoms with E-state index in [1.54, 1.807) is 0 Å². The van der Waals surface area contributed by atoms with Crippen LogP contribution in [0.3, 0.4) is 0 Å². The van der Waals surface area contributed by atoms with Gasteiger partial charge in [0.2, 0.25) is 5.91 Å². The SMILES string of the molecule is CC(CCCN=C(N)N)NC(=O)C(C)PP. The zero-order chi connectivity index (χ0) is 12.6. The van der Waals surface area contributed by atoms with Crippen molar-refractivity contribution in [3.63, 3.8) is 0 Å². The molecule has 5 N–H and O–H groups in total. The quantitative estimate of drug-likeness (QED) is 0.269. The minimum absolute atomic E-state index is 0.0742. The van der Waals surface area contributed by atoms with Gasteiger partial charge in [0.15, 0.2) is 5.96 Å². The van der Waals surface area contributed by atoms with Crippen molar-refractivity contribution in [2.24, 2.45) is 16.5 Å². The van der Waals surface area contributed by atoms with Gasteiger partial charge in [0, 0.05) is 12.6 Å². The van der Waals surface area contributed by atoms with Crippen molar-refractivity contribution in [3.8, 4) is 0 Å². The first-order valence-electron chi connectivity index (χ1n) is 5.29. The Morgan fingerprint density at radius 3 is 2.62 bits per heavy atom. The fourth-order valence-electron chi connectivity index (χ4n) is 1.12. The zero-order valence-corrected chi connectivity index (χ0v) is 12.0. The van der Waals surface area contributed by atoms with Gasteiger partial charge in [0.05, 0.1) is 5.66 Å². The van der Waals surface area contributed by atoms with E-state index in [1.807, 2.05) is 13.8 Å².